The maximum atomic E-state index is 11.7. The molecule has 1 amide bonds. The summed E-state index contributed by atoms with van der Waals surface area (Å²) in [4.78, 5) is 14.3. The molecule has 1 aliphatic heterocycles. The molecule has 1 aliphatic rings. The molecule has 0 aliphatic carbocycles. The first-order chi connectivity index (χ1) is 7.11. The van der Waals surface area contributed by atoms with Gasteiger partial charge in [-0.25, -0.2) is 0 Å². The standard InChI is InChI=1S/C11H20N2OS/c1-9-5-4-8-13(11(9)14)7-3-2-6-10(12)15/h9H,2-8H2,1H3,(H2,12,15). The summed E-state index contributed by atoms with van der Waals surface area (Å²) in [5.41, 5.74) is 5.41. The lowest BCUT2D eigenvalue weighted by molar-refractivity contribution is -0.137. The first kappa shape index (κ1) is 12.4. The Morgan fingerprint density at radius 3 is 3.00 bits per heavy atom. The summed E-state index contributed by atoms with van der Waals surface area (Å²) in [5.74, 6) is 0.533. The molecule has 0 aromatic rings. The van der Waals surface area contributed by atoms with E-state index in [0.29, 0.717) is 10.9 Å². The van der Waals surface area contributed by atoms with Crippen LogP contribution in [0.3, 0.4) is 0 Å². The lowest BCUT2D eigenvalue weighted by atomic mass is 9.99. The summed E-state index contributed by atoms with van der Waals surface area (Å²) in [6.07, 6.45) is 4.99. The fraction of sp³-hybridized carbons (Fsp3) is 0.818. The summed E-state index contributed by atoms with van der Waals surface area (Å²) in [5, 5.41) is 0. The molecule has 0 radical (unpaired) electrons. The molecule has 1 fully saturated rings. The van der Waals surface area contributed by atoms with Crippen LogP contribution in [-0.4, -0.2) is 28.9 Å². The van der Waals surface area contributed by atoms with Gasteiger partial charge in [0.05, 0.1) is 4.99 Å². The third kappa shape index (κ3) is 4.16. The van der Waals surface area contributed by atoms with Gasteiger partial charge >= 0.3 is 0 Å². The Morgan fingerprint density at radius 1 is 1.60 bits per heavy atom. The second-order valence-corrected chi connectivity index (χ2v) is 4.82. The number of rotatable bonds is 5. The topological polar surface area (TPSA) is 46.3 Å². The number of piperidine rings is 1. The van der Waals surface area contributed by atoms with Gasteiger partial charge in [0.15, 0.2) is 0 Å². The van der Waals surface area contributed by atoms with Crippen molar-refractivity contribution in [3.8, 4) is 0 Å². The molecule has 15 heavy (non-hydrogen) atoms. The number of likely N-dealkylation sites (tertiary alicyclic amines) is 1. The van der Waals surface area contributed by atoms with Gasteiger partial charge in [0.2, 0.25) is 5.91 Å². The van der Waals surface area contributed by atoms with Crippen LogP contribution < -0.4 is 5.73 Å². The van der Waals surface area contributed by atoms with Gasteiger partial charge in [-0.2, -0.15) is 0 Å². The lowest BCUT2D eigenvalue weighted by Crippen LogP contribution is -2.40. The first-order valence-corrected chi connectivity index (χ1v) is 6.09. The molecular weight excluding hydrogens is 208 g/mol. The Bertz CT molecular complexity index is 243. The van der Waals surface area contributed by atoms with E-state index in [4.69, 9.17) is 18.0 Å². The predicted molar refractivity (Wildman–Crippen MR) is 65.6 cm³/mol. The van der Waals surface area contributed by atoms with E-state index in [2.05, 4.69) is 0 Å². The molecule has 86 valence electrons. The largest absolute Gasteiger partial charge is 0.393 e. The zero-order valence-electron chi connectivity index (χ0n) is 9.37. The van der Waals surface area contributed by atoms with Gasteiger partial charge in [0.25, 0.3) is 0 Å². The van der Waals surface area contributed by atoms with E-state index in [-0.39, 0.29) is 5.92 Å². The lowest BCUT2D eigenvalue weighted by Gasteiger charge is -2.30. The van der Waals surface area contributed by atoms with Crippen molar-refractivity contribution in [1.82, 2.24) is 4.90 Å². The van der Waals surface area contributed by atoms with Crippen molar-refractivity contribution in [3.63, 3.8) is 0 Å². The highest BCUT2D eigenvalue weighted by molar-refractivity contribution is 7.80. The van der Waals surface area contributed by atoms with E-state index in [0.717, 1.165) is 45.2 Å². The van der Waals surface area contributed by atoms with E-state index in [9.17, 15) is 4.79 Å². The number of carbonyl (C=O) groups excluding carboxylic acids is 1. The number of hydrogen-bond acceptors (Lipinski definition) is 2. The highest BCUT2D eigenvalue weighted by Gasteiger charge is 2.24. The molecule has 1 saturated heterocycles. The van der Waals surface area contributed by atoms with Gasteiger partial charge in [0, 0.05) is 19.0 Å². The van der Waals surface area contributed by atoms with E-state index in [1.807, 2.05) is 11.8 Å². The smallest absolute Gasteiger partial charge is 0.225 e. The number of carbonyl (C=O) groups is 1. The number of nitrogens with two attached hydrogens (primary N) is 1. The maximum absolute atomic E-state index is 11.7. The van der Waals surface area contributed by atoms with Crippen LogP contribution in [0.4, 0.5) is 0 Å². The number of unbranched alkanes of at least 4 members (excludes halogenated alkanes) is 1. The van der Waals surface area contributed by atoms with Crippen LogP contribution in [0, 0.1) is 5.92 Å². The van der Waals surface area contributed by atoms with E-state index < -0.39 is 0 Å². The van der Waals surface area contributed by atoms with Crippen LogP contribution >= 0.6 is 12.2 Å². The van der Waals surface area contributed by atoms with Crippen LogP contribution in [0.1, 0.15) is 39.0 Å². The Balaban J connectivity index is 2.20. The molecule has 0 bridgehead atoms. The summed E-state index contributed by atoms with van der Waals surface area (Å²) < 4.78 is 0. The van der Waals surface area contributed by atoms with E-state index >= 15 is 0 Å². The van der Waals surface area contributed by atoms with Gasteiger partial charge in [-0.15, -0.1) is 0 Å². The molecule has 4 heteroatoms. The SMILES string of the molecule is CC1CCCN(CCCCC(N)=S)C1=O. The molecule has 0 aromatic heterocycles. The summed E-state index contributed by atoms with van der Waals surface area (Å²) in [6, 6.07) is 0. The zero-order chi connectivity index (χ0) is 11.3. The van der Waals surface area contributed by atoms with Crippen LogP contribution in [0.25, 0.3) is 0 Å². The highest BCUT2D eigenvalue weighted by Crippen LogP contribution is 2.17. The molecule has 2 N–H and O–H groups in total. The third-order valence-electron chi connectivity index (χ3n) is 2.90. The Labute approximate surface area is 97.0 Å². The molecule has 1 atom stereocenters. The molecule has 0 spiro atoms. The van der Waals surface area contributed by atoms with Crippen molar-refractivity contribution >= 4 is 23.1 Å². The second-order valence-electron chi connectivity index (χ2n) is 4.29. The van der Waals surface area contributed by atoms with Crippen molar-refractivity contribution in [2.45, 2.75) is 39.0 Å². The Morgan fingerprint density at radius 2 is 2.33 bits per heavy atom. The quantitative estimate of drug-likeness (QED) is 0.575. The zero-order valence-corrected chi connectivity index (χ0v) is 10.2. The van der Waals surface area contributed by atoms with Gasteiger partial charge in [-0.3, -0.25) is 4.79 Å². The van der Waals surface area contributed by atoms with Crippen LogP contribution in [-0.2, 0) is 4.79 Å². The van der Waals surface area contributed by atoms with Gasteiger partial charge in [-0.05, 0) is 32.1 Å². The van der Waals surface area contributed by atoms with Gasteiger partial charge in [0.1, 0.15) is 0 Å². The molecular formula is C11H20N2OS. The third-order valence-corrected chi connectivity index (χ3v) is 3.10. The average molecular weight is 228 g/mol. The normalized spacial score (nSPS) is 21.8. The number of hydrogen-bond donors (Lipinski definition) is 1. The highest BCUT2D eigenvalue weighted by atomic mass is 32.1. The van der Waals surface area contributed by atoms with Gasteiger partial charge in [-0.1, -0.05) is 19.1 Å². The minimum atomic E-state index is 0.217. The summed E-state index contributed by atoms with van der Waals surface area (Å²) in [7, 11) is 0. The van der Waals surface area contributed by atoms with E-state index in [1.165, 1.54) is 0 Å². The average Bonchev–Trinajstić information content (AvgIpc) is 2.18. The first-order valence-electron chi connectivity index (χ1n) is 5.68. The van der Waals surface area contributed by atoms with Crippen molar-refractivity contribution in [3.05, 3.63) is 0 Å². The molecule has 1 rings (SSSR count). The summed E-state index contributed by atoms with van der Waals surface area (Å²) >= 11 is 4.80. The van der Waals surface area contributed by atoms with Crippen LogP contribution in [0.2, 0.25) is 0 Å². The number of thiocarbonyl (C=S) groups is 1. The fourth-order valence-electron chi connectivity index (χ4n) is 1.96. The second kappa shape index (κ2) is 6.05. The molecule has 1 unspecified atom stereocenters. The maximum Gasteiger partial charge on any atom is 0.225 e. The van der Waals surface area contributed by atoms with Crippen molar-refractivity contribution in [2.75, 3.05) is 13.1 Å². The van der Waals surface area contributed by atoms with Crippen LogP contribution in [0.5, 0.6) is 0 Å². The van der Waals surface area contributed by atoms with Gasteiger partial charge < -0.3 is 10.6 Å². The number of nitrogens with zero attached hydrogens (tertiary/aromatic N) is 1. The van der Waals surface area contributed by atoms with Crippen LogP contribution in [0.15, 0.2) is 0 Å². The predicted octanol–water partition coefficient (Wildman–Crippen LogP) is 1.70. The van der Waals surface area contributed by atoms with Crippen molar-refractivity contribution in [1.29, 1.82) is 0 Å². The number of amides is 1. The molecule has 0 aromatic carbocycles. The molecule has 0 saturated carbocycles. The van der Waals surface area contributed by atoms with Crippen molar-refractivity contribution in [2.24, 2.45) is 11.7 Å². The van der Waals surface area contributed by atoms with Crippen molar-refractivity contribution < 1.29 is 4.79 Å². The Kier molecular flexibility index (Phi) is 5.02. The minimum Gasteiger partial charge on any atom is -0.393 e. The fourth-order valence-corrected chi connectivity index (χ4v) is 2.10. The summed E-state index contributed by atoms with van der Waals surface area (Å²) in [6.45, 7) is 3.81. The molecule has 1 heterocycles. The Hall–Kier alpha value is -0.640. The monoisotopic (exact) mass is 228 g/mol. The van der Waals surface area contributed by atoms with E-state index in [1.54, 1.807) is 0 Å². The molecule has 3 nitrogen and oxygen atoms in total. The minimum absolute atomic E-state index is 0.217.